The largest absolute Gasteiger partial charge is 0.322 e. The van der Waals surface area contributed by atoms with Gasteiger partial charge in [0.2, 0.25) is 11.8 Å². The minimum absolute atomic E-state index is 0.00162. The number of rotatable bonds is 1. The summed E-state index contributed by atoms with van der Waals surface area (Å²) in [6, 6.07) is 0. The predicted molar refractivity (Wildman–Crippen MR) is 51.3 cm³/mol. The number of hydrogen-bond acceptors (Lipinski definition) is 2. The van der Waals surface area contributed by atoms with Crippen LogP contribution in [0.1, 0.15) is 19.3 Å². The zero-order valence-electron chi connectivity index (χ0n) is 8.11. The third-order valence-electron chi connectivity index (χ3n) is 2.93. The number of fused-ring (bicyclic) bond motifs is 1. The van der Waals surface area contributed by atoms with Gasteiger partial charge in [0.1, 0.15) is 6.17 Å². The quantitative estimate of drug-likeness (QED) is 0.565. The molecule has 2 aliphatic rings. The lowest BCUT2D eigenvalue weighted by Gasteiger charge is -2.39. The van der Waals surface area contributed by atoms with Gasteiger partial charge in [-0.05, 0) is 18.9 Å². The van der Waals surface area contributed by atoms with Crippen LogP contribution in [0.2, 0.25) is 0 Å². The van der Waals surface area contributed by atoms with Crippen molar-refractivity contribution < 1.29 is 9.59 Å². The van der Waals surface area contributed by atoms with Gasteiger partial charge in [-0.1, -0.05) is 6.58 Å². The minimum atomic E-state index is -0.0607. The Labute approximate surface area is 83.2 Å². The SMILES string of the molecule is C=CC(=O)N1CCC(=O)N2CCCC12. The van der Waals surface area contributed by atoms with E-state index in [4.69, 9.17) is 0 Å². The monoisotopic (exact) mass is 194 g/mol. The first-order valence-corrected chi connectivity index (χ1v) is 4.96. The van der Waals surface area contributed by atoms with Crippen LogP contribution in [-0.2, 0) is 9.59 Å². The summed E-state index contributed by atoms with van der Waals surface area (Å²) in [6.07, 6.45) is 3.69. The maximum atomic E-state index is 11.5. The van der Waals surface area contributed by atoms with Crippen molar-refractivity contribution in [2.75, 3.05) is 13.1 Å². The van der Waals surface area contributed by atoms with Gasteiger partial charge in [0.05, 0.1) is 0 Å². The number of carbonyl (C=O) groups excluding carboxylic acids is 2. The molecule has 0 aromatic carbocycles. The molecule has 0 saturated carbocycles. The standard InChI is InChI=1S/C10H14N2O2/c1-2-9(13)12-7-5-10(14)11-6-3-4-8(11)12/h2,8H,1,3-7H2. The zero-order chi connectivity index (χ0) is 10.1. The fourth-order valence-corrected chi connectivity index (χ4v) is 2.25. The molecule has 2 heterocycles. The van der Waals surface area contributed by atoms with Gasteiger partial charge >= 0.3 is 0 Å². The molecule has 0 aromatic heterocycles. The number of carbonyl (C=O) groups is 2. The number of amides is 2. The molecule has 76 valence electrons. The molecule has 2 amide bonds. The van der Waals surface area contributed by atoms with Crippen molar-refractivity contribution in [2.45, 2.75) is 25.4 Å². The molecule has 1 atom stereocenters. The molecule has 2 aliphatic heterocycles. The number of hydrogen-bond donors (Lipinski definition) is 0. The average Bonchev–Trinajstić information content (AvgIpc) is 2.67. The smallest absolute Gasteiger partial charge is 0.247 e. The lowest BCUT2D eigenvalue weighted by atomic mass is 10.2. The van der Waals surface area contributed by atoms with Crippen molar-refractivity contribution in [2.24, 2.45) is 0 Å². The molecule has 4 heteroatoms. The van der Waals surface area contributed by atoms with Crippen LogP contribution < -0.4 is 0 Å². The van der Waals surface area contributed by atoms with Crippen LogP contribution in [0.5, 0.6) is 0 Å². The summed E-state index contributed by atoms with van der Waals surface area (Å²) in [4.78, 5) is 26.5. The van der Waals surface area contributed by atoms with Crippen LogP contribution in [0.25, 0.3) is 0 Å². The van der Waals surface area contributed by atoms with Crippen LogP contribution in [0.3, 0.4) is 0 Å². The van der Waals surface area contributed by atoms with E-state index in [-0.39, 0.29) is 18.0 Å². The number of nitrogens with zero attached hydrogens (tertiary/aromatic N) is 2. The first kappa shape index (κ1) is 9.24. The van der Waals surface area contributed by atoms with Crippen LogP contribution in [-0.4, -0.2) is 40.9 Å². The molecule has 2 saturated heterocycles. The molecule has 0 N–H and O–H groups in total. The Kier molecular flexibility index (Phi) is 2.27. The van der Waals surface area contributed by atoms with Crippen molar-refractivity contribution in [3.05, 3.63) is 12.7 Å². The summed E-state index contributed by atoms with van der Waals surface area (Å²) in [7, 11) is 0. The van der Waals surface area contributed by atoms with Crippen LogP contribution in [0.4, 0.5) is 0 Å². The molecule has 0 bridgehead atoms. The van der Waals surface area contributed by atoms with E-state index in [1.165, 1.54) is 6.08 Å². The molecule has 2 fully saturated rings. The maximum Gasteiger partial charge on any atom is 0.247 e. The lowest BCUT2D eigenvalue weighted by molar-refractivity contribution is -0.147. The molecule has 0 aliphatic carbocycles. The summed E-state index contributed by atoms with van der Waals surface area (Å²) in [5.74, 6) is 0.120. The molecule has 14 heavy (non-hydrogen) atoms. The Morgan fingerprint density at radius 2 is 2.29 bits per heavy atom. The second-order valence-electron chi connectivity index (χ2n) is 3.70. The summed E-state index contributed by atoms with van der Waals surface area (Å²) >= 11 is 0. The average molecular weight is 194 g/mol. The summed E-state index contributed by atoms with van der Waals surface area (Å²) in [6.45, 7) is 4.82. The Bertz CT molecular complexity index is 288. The van der Waals surface area contributed by atoms with Crippen molar-refractivity contribution in [3.63, 3.8) is 0 Å². The molecule has 0 radical (unpaired) electrons. The van der Waals surface area contributed by atoms with E-state index >= 15 is 0 Å². The van der Waals surface area contributed by atoms with Crippen molar-refractivity contribution in [1.82, 2.24) is 9.80 Å². The van der Waals surface area contributed by atoms with Gasteiger partial charge in [0.15, 0.2) is 0 Å². The molecule has 4 nitrogen and oxygen atoms in total. The Morgan fingerprint density at radius 3 is 3.00 bits per heavy atom. The molecule has 0 aromatic rings. The molecule has 0 spiro atoms. The van der Waals surface area contributed by atoms with Gasteiger partial charge in [0, 0.05) is 19.5 Å². The second-order valence-corrected chi connectivity index (χ2v) is 3.70. The van der Waals surface area contributed by atoms with Gasteiger partial charge in [0.25, 0.3) is 0 Å². The van der Waals surface area contributed by atoms with E-state index in [9.17, 15) is 9.59 Å². The highest BCUT2D eigenvalue weighted by molar-refractivity contribution is 5.89. The van der Waals surface area contributed by atoms with Gasteiger partial charge in [-0.25, -0.2) is 0 Å². The summed E-state index contributed by atoms with van der Waals surface area (Å²) < 4.78 is 0. The minimum Gasteiger partial charge on any atom is -0.322 e. The van der Waals surface area contributed by atoms with Crippen LogP contribution in [0.15, 0.2) is 12.7 Å². The van der Waals surface area contributed by atoms with E-state index in [2.05, 4.69) is 6.58 Å². The lowest BCUT2D eigenvalue weighted by Crippen LogP contribution is -2.54. The van der Waals surface area contributed by atoms with Crippen LogP contribution in [0, 0.1) is 0 Å². The maximum absolute atomic E-state index is 11.5. The Hall–Kier alpha value is -1.32. The van der Waals surface area contributed by atoms with E-state index < -0.39 is 0 Å². The molecular weight excluding hydrogens is 180 g/mol. The van der Waals surface area contributed by atoms with Gasteiger partial charge < -0.3 is 9.80 Å². The highest BCUT2D eigenvalue weighted by Gasteiger charge is 2.38. The van der Waals surface area contributed by atoms with Gasteiger partial charge in [-0.2, -0.15) is 0 Å². The van der Waals surface area contributed by atoms with Gasteiger partial charge in [-0.3, -0.25) is 9.59 Å². The topological polar surface area (TPSA) is 40.6 Å². The van der Waals surface area contributed by atoms with Crippen molar-refractivity contribution >= 4 is 11.8 Å². The molecular formula is C10H14N2O2. The fourth-order valence-electron chi connectivity index (χ4n) is 2.25. The van der Waals surface area contributed by atoms with E-state index in [0.717, 1.165) is 19.4 Å². The fraction of sp³-hybridized carbons (Fsp3) is 0.600. The zero-order valence-corrected chi connectivity index (χ0v) is 8.11. The van der Waals surface area contributed by atoms with Crippen molar-refractivity contribution in [3.8, 4) is 0 Å². The second kappa shape index (κ2) is 3.44. The normalized spacial score (nSPS) is 26.3. The predicted octanol–water partition coefficient (Wildman–Crippen LogP) is 0.353. The highest BCUT2D eigenvalue weighted by atomic mass is 16.2. The Morgan fingerprint density at radius 1 is 1.50 bits per heavy atom. The van der Waals surface area contributed by atoms with E-state index in [0.29, 0.717) is 13.0 Å². The van der Waals surface area contributed by atoms with Crippen LogP contribution >= 0.6 is 0 Å². The highest BCUT2D eigenvalue weighted by Crippen LogP contribution is 2.25. The van der Waals surface area contributed by atoms with E-state index in [1.54, 1.807) is 4.90 Å². The third-order valence-corrected chi connectivity index (χ3v) is 2.93. The first-order valence-electron chi connectivity index (χ1n) is 4.96. The molecule has 1 unspecified atom stereocenters. The summed E-state index contributed by atoms with van der Waals surface area (Å²) in [5, 5.41) is 0. The summed E-state index contributed by atoms with van der Waals surface area (Å²) in [5.41, 5.74) is 0. The van der Waals surface area contributed by atoms with E-state index in [1.807, 2.05) is 4.90 Å². The third kappa shape index (κ3) is 1.31. The molecule has 2 rings (SSSR count). The van der Waals surface area contributed by atoms with Crippen molar-refractivity contribution in [1.29, 1.82) is 0 Å². The Balaban J connectivity index is 2.17. The first-order chi connectivity index (χ1) is 6.74. The van der Waals surface area contributed by atoms with Gasteiger partial charge in [-0.15, -0.1) is 0 Å².